The van der Waals surface area contributed by atoms with Crippen LogP contribution in [0.5, 0.6) is 0 Å². The first kappa shape index (κ1) is 14.0. The minimum Gasteiger partial charge on any atom is -0.386 e. The van der Waals surface area contributed by atoms with Crippen LogP contribution >= 0.6 is 11.6 Å². The van der Waals surface area contributed by atoms with Crippen molar-refractivity contribution < 1.29 is 9.50 Å². The lowest BCUT2D eigenvalue weighted by molar-refractivity contribution is 0.147. The first-order valence-corrected chi connectivity index (χ1v) is 6.32. The summed E-state index contributed by atoms with van der Waals surface area (Å²) in [6, 6.07) is 11.1. The maximum absolute atomic E-state index is 13.4. The first-order chi connectivity index (χ1) is 8.99. The van der Waals surface area contributed by atoms with E-state index in [4.69, 9.17) is 17.3 Å². The number of aryl methyl sites for hydroxylation is 1. The molecule has 0 aliphatic carbocycles. The number of nitrogens with two attached hydrogens (primary N) is 1. The topological polar surface area (TPSA) is 46.2 Å². The van der Waals surface area contributed by atoms with E-state index in [1.165, 1.54) is 12.1 Å². The summed E-state index contributed by atoms with van der Waals surface area (Å²) in [5.41, 5.74) is 8.23. The van der Waals surface area contributed by atoms with Gasteiger partial charge in [0, 0.05) is 0 Å². The summed E-state index contributed by atoms with van der Waals surface area (Å²) in [5, 5.41) is 10.3. The van der Waals surface area contributed by atoms with Gasteiger partial charge in [-0.05, 0) is 30.2 Å². The molecule has 0 saturated carbocycles. The van der Waals surface area contributed by atoms with Crippen molar-refractivity contribution in [3.8, 4) is 0 Å². The van der Waals surface area contributed by atoms with E-state index in [-0.39, 0.29) is 5.02 Å². The number of hydrogen-bond donors (Lipinski definition) is 2. The summed E-state index contributed by atoms with van der Waals surface area (Å²) in [5.74, 6) is -0.536. The molecule has 19 heavy (non-hydrogen) atoms. The van der Waals surface area contributed by atoms with E-state index in [2.05, 4.69) is 0 Å². The van der Waals surface area contributed by atoms with Gasteiger partial charge in [-0.15, -0.1) is 0 Å². The molecular weight excluding hydrogens is 265 g/mol. The first-order valence-electron chi connectivity index (χ1n) is 5.94. The third-order valence-electron chi connectivity index (χ3n) is 3.05. The molecule has 2 atom stereocenters. The summed E-state index contributed by atoms with van der Waals surface area (Å²) in [7, 11) is 0. The van der Waals surface area contributed by atoms with Crippen molar-refractivity contribution in [1.82, 2.24) is 0 Å². The Morgan fingerprint density at radius 1 is 1.16 bits per heavy atom. The molecule has 0 amide bonds. The summed E-state index contributed by atoms with van der Waals surface area (Å²) in [6.45, 7) is 1.93. The molecule has 0 unspecified atom stereocenters. The zero-order chi connectivity index (χ0) is 14.0. The normalized spacial score (nSPS) is 14.2. The Labute approximate surface area is 116 Å². The molecule has 4 heteroatoms. The van der Waals surface area contributed by atoms with Crippen LogP contribution in [0.1, 0.15) is 28.8 Å². The molecular formula is C15H15ClFNO. The average Bonchev–Trinajstić information content (AvgIpc) is 2.40. The number of hydrogen-bond acceptors (Lipinski definition) is 2. The van der Waals surface area contributed by atoms with Gasteiger partial charge in [0.15, 0.2) is 0 Å². The van der Waals surface area contributed by atoms with Crippen LogP contribution in [-0.4, -0.2) is 5.11 Å². The van der Waals surface area contributed by atoms with Crippen LogP contribution in [0.3, 0.4) is 0 Å². The van der Waals surface area contributed by atoms with Crippen molar-refractivity contribution in [2.24, 2.45) is 5.73 Å². The van der Waals surface area contributed by atoms with Crippen LogP contribution in [0, 0.1) is 12.7 Å². The number of aliphatic hydroxyl groups is 1. The highest BCUT2D eigenvalue weighted by Crippen LogP contribution is 2.28. The van der Waals surface area contributed by atoms with Gasteiger partial charge in [-0.1, -0.05) is 47.5 Å². The van der Waals surface area contributed by atoms with Crippen molar-refractivity contribution >= 4 is 11.6 Å². The quantitative estimate of drug-likeness (QED) is 0.903. The maximum atomic E-state index is 13.4. The number of rotatable bonds is 3. The highest BCUT2D eigenvalue weighted by Gasteiger charge is 2.19. The molecule has 2 rings (SSSR count). The van der Waals surface area contributed by atoms with E-state index in [1.807, 2.05) is 25.1 Å². The van der Waals surface area contributed by atoms with Gasteiger partial charge in [-0.25, -0.2) is 4.39 Å². The molecule has 0 aliphatic rings. The second-order valence-corrected chi connectivity index (χ2v) is 4.97. The fourth-order valence-corrected chi connectivity index (χ4v) is 2.08. The lowest BCUT2D eigenvalue weighted by atomic mass is 9.95. The van der Waals surface area contributed by atoms with E-state index in [1.54, 1.807) is 12.1 Å². The Bertz CT molecular complexity index is 588. The molecule has 0 saturated heterocycles. The fourth-order valence-electron chi connectivity index (χ4n) is 1.96. The SMILES string of the molecule is Cc1cccc([C@@H](O)[C@H](N)c2ccc(Cl)c(F)c2)c1. The number of aliphatic hydroxyl groups excluding tert-OH is 1. The van der Waals surface area contributed by atoms with Gasteiger partial charge in [-0.3, -0.25) is 0 Å². The minimum absolute atomic E-state index is 0.0426. The van der Waals surface area contributed by atoms with E-state index >= 15 is 0 Å². The van der Waals surface area contributed by atoms with Crippen molar-refractivity contribution in [1.29, 1.82) is 0 Å². The molecule has 0 heterocycles. The number of benzene rings is 2. The second kappa shape index (κ2) is 5.70. The lowest BCUT2D eigenvalue weighted by Crippen LogP contribution is -2.19. The summed E-state index contributed by atoms with van der Waals surface area (Å²) < 4.78 is 13.4. The zero-order valence-corrected chi connectivity index (χ0v) is 11.2. The summed E-state index contributed by atoms with van der Waals surface area (Å²) in [6.07, 6.45) is -0.888. The maximum Gasteiger partial charge on any atom is 0.142 e. The highest BCUT2D eigenvalue weighted by atomic mass is 35.5. The van der Waals surface area contributed by atoms with E-state index in [0.717, 1.165) is 5.56 Å². The van der Waals surface area contributed by atoms with Crippen LogP contribution < -0.4 is 5.73 Å². The fraction of sp³-hybridized carbons (Fsp3) is 0.200. The lowest BCUT2D eigenvalue weighted by Gasteiger charge is -2.20. The molecule has 0 bridgehead atoms. The highest BCUT2D eigenvalue weighted by molar-refractivity contribution is 6.30. The average molecular weight is 280 g/mol. The van der Waals surface area contributed by atoms with Gasteiger partial charge in [0.2, 0.25) is 0 Å². The molecule has 3 N–H and O–H groups in total. The van der Waals surface area contributed by atoms with Crippen LogP contribution in [0.2, 0.25) is 5.02 Å². The van der Waals surface area contributed by atoms with E-state index in [0.29, 0.717) is 11.1 Å². The van der Waals surface area contributed by atoms with E-state index in [9.17, 15) is 9.50 Å². The van der Waals surface area contributed by atoms with Gasteiger partial charge >= 0.3 is 0 Å². The third kappa shape index (κ3) is 3.13. The molecule has 2 nitrogen and oxygen atoms in total. The minimum atomic E-state index is -0.888. The molecule has 0 aliphatic heterocycles. The van der Waals surface area contributed by atoms with E-state index < -0.39 is 18.0 Å². The summed E-state index contributed by atoms with van der Waals surface area (Å²) in [4.78, 5) is 0. The molecule has 2 aromatic carbocycles. The standard InChI is InChI=1S/C15H15ClFNO/c1-9-3-2-4-11(7-9)15(19)14(18)10-5-6-12(16)13(17)8-10/h2-8,14-15,19H,18H2,1H3/t14-,15-/m1/s1. The van der Waals surface area contributed by atoms with Crippen molar-refractivity contribution in [2.75, 3.05) is 0 Å². The molecule has 100 valence electrons. The van der Waals surface area contributed by atoms with Gasteiger partial charge in [-0.2, -0.15) is 0 Å². The third-order valence-corrected chi connectivity index (χ3v) is 3.36. The van der Waals surface area contributed by atoms with Crippen LogP contribution in [0.15, 0.2) is 42.5 Å². The smallest absolute Gasteiger partial charge is 0.142 e. The molecule has 0 fully saturated rings. The Morgan fingerprint density at radius 3 is 2.53 bits per heavy atom. The van der Waals surface area contributed by atoms with Crippen LogP contribution in [0.25, 0.3) is 0 Å². The molecule has 2 aromatic rings. The predicted octanol–water partition coefficient (Wildman–Crippen LogP) is 3.52. The van der Waals surface area contributed by atoms with Crippen molar-refractivity contribution in [3.63, 3.8) is 0 Å². The Morgan fingerprint density at radius 2 is 1.89 bits per heavy atom. The monoisotopic (exact) mass is 279 g/mol. The molecule has 0 aromatic heterocycles. The Kier molecular flexibility index (Phi) is 4.20. The Balaban J connectivity index is 2.27. The van der Waals surface area contributed by atoms with Gasteiger partial charge in [0.25, 0.3) is 0 Å². The zero-order valence-electron chi connectivity index (χ0n) is 10.5. The molecule has 0 radical (unpaired) electrons. The molecule has 0 spiro atoms. The number of halogens is 2. The van der Waals surface area contributed by atoms with Gasteiger partial charge in [0.1, 0.15) is 5.82 Å². The van der Waals surface area contributed by atoms with Crippen molar-refractivity contribution in [2.45, 2.75) is 19.1 Å². The summed E-state index contributed by atoms with van der Waals surface area (Å²) >= 11 is 5.62. The Hall–Kier alpha value is -1.42. The van der Waals surface area contributed by atoms with Crippen molar-refractivity contribution in [3.05, 3.63) is 70.0 Å². The largest absolute Gasteiger partial charge is 0.386 e. The van der Waals surface area contributed by atoms with Crippen LogP contribution in [0.4, 0.5) is 4.39 Å². The second-order valence-electron chi connectivity index (χ2n) is 4.56. The van der Waals surface area contributed by atoms with Gasteiger partial charge in [0.05, 0.1) is 17.2 Å². The predicted molar refractivity (Wildman–Crippen MR) is 74.5 cm³/mol. The van der Waals surface area contributed by atoms with Gasteiger partial charge < -0.3 is 10.8 Å². The van der Waals surface area contributed by atoms with Crippen LogP contribution in [-0.2, 0) is 0 Å².